The number of unbranched alkanes of at least 4 members (excludes halogenated alkanes) is 6. The van der Waals surface area contributed by atoms with Crippen LogP contribution in [-0.2, 0) is 0 Å². The molecule has 0 spiro atoms. The summed E-state index contributed by atoms with van der Waals surface area (Å²) in [6.07, 6.45) is 11.2. The molecule has 1 saturated heterocycles. The van der Waals surface area contributed by atoms with Gasteiger partial charge in [0.15, 0.2) is 0 Å². The molecule has 0 aromatic rings. The molecule has 21 heavy (non-hydrogen) atoms. The van der Waals surface area contributed by atoms with E-state index in [2.05, 4.69) is 44.8 Å². The molecule has 2 nitrogen and oxygen atoms in total. The smallest absolute Gasteiger partial charge is 0.0278 e. The first kappa shape index (κ1) is 19.0. The van der Waals surface area contributed by atoms with Crippen LogP contribution in [0.1, 0.15) is 86.0 Å². The number of piperazine rings is 1. The van der Waals surface area contributed by atoms with Crippen molar-refractivity contribution in [1.29, 1.82) is 0 Å². The van der Waals surface area contributed by atoms with E-state index in [1.165, 1.54) is 64.5 Å². The SMILES string of the molecule is CCCCCCCCCN1CC(C(C)CC)NCC1(C)C. The van der Waals surface area contributed by atoms with E-state index in [-0.39, 0.29) is 0 Å². The molecule has 1 N–H and O–H groups in total. The zero-order valence-electron chi connectivity index (χ0n) is 15.4. The van der Waals surface area contributed by atoms with E-state index < -0.39 is 0 Å². The highest BCUT2D eigenvalue weighted by atomic mass is 15.3. The Morgan fingerprint density at radius 2 is 1.67 bits per heavy atom. The lowest BCUT2D eigenvalue weighted by molar-refractivity contribution is 0.0503. The Hall–Kier alpha value is -0.0800. The van der Waals surface area contributed by atoms with Crippen molar-refractivity contribution in [1.82, 2.24) is 10.2 Å². The van der Waals surface area contributed by atoms with Crippen LogP contribution in [0.15, 0.2) is 0 Å². The summed E-state index contributed by atoms with van der Waals surface area (Å²) >= 11 is 0. The first-order chi connectivity index (χ1) is 10.0. The van der Waals surface area contributed by atoms with Gasteiger partial charge in [-0.25, -0.2) is 0 Å². The first-order valence-electron chi connectivity index (χ1n) is 9.49. The Balaban J connectivity index is 2.26. The highest BCUT2D eigenvalue weighted by Crippen LogP contribution is 2.23. The average molecular weight is 297 g/mol. The van der Waals surface area contributed by atoms with Gasteiger partial charge in [0.2, 0.25) is 0 Å². The Kier molecular flexibility index (Phi) is 8.89. The lowest BCUT2D eigenvalue weighted by Gasteiger charge is -2.47. The molecule has 0 bridgehead atoms. The largest absolute Gasteiger partial charge is 0.311 e. The third kappa shape index (κ3) is 6.69. The van der Waals surface area contributed by atoms with Crippen LogP contribution in [0.5, 0.6) is 0 Å². The first-order valence-corrected chi connectivity index (χ1v) is 9.49. The topological polar surface area (TPSA) is 15.3 Å². The van der Waals surface area contributed by atoms with Gasteiger partial charge in [-0.2, -0.15) is 0 Å². The summed E-state index contributed by atoms with van der Waals surface area (Å²) in [5.41, 5.74) is 0.326. The van der Waals surface area contributed by atoms with E-state index >= 15 is 0 Å². The van der Waals surface area contributed by atoms with Gasteiger partial charge in [0.25, 0.3) is 0 Å². The summed E-state index contributed by atoms with van der Waals surface area (Å²) in [6.45, 7) is 15.4. The number of rotatable bonds is 10. The van der Waals surface area contributed by atoms with Crippen LogP contribution in [-0.4, -0.2) is 36.1 Å². The summed E-state index contributed by atoms with van der Waals surface area (Å²) in [5, 5.41) is 3.77. The highest BCUT2D eigenvalue weighted by molar-refractivity contribution is 4.94. The van der Waals surface area contributed by atoms with Crippen molar-refractivity contribution in [2.24, 2.45) is 5.92 Å². The van der Waals surface area contributed by atoms with E-state index in [0.29, 0.717) is 11.6 Å². The Labute approximate surface area is 134 Å². The van der Waals surface area contributed by atoms with Crippen molar-refractivity contribution >= 4 is 0 Å². The van der Waals surface area contributed by atoms with Crippen LogP contribution in [0.2, 0.25) is 0 Å². The Morgan fingerprint density at radius 3 is 2.29 bits per heavy atom. The van der Waals surface area contributed by atoms with Crippen LogP contribution in [0.3, 0.4) is 0 Å². The molecular formula is C19H40N2. The molecule has 0 aromatic carbocycles. The number of nitrogens with zero attached hydrogens (tertiary/aromatic N) is 1. The van der Waals surface area contributed by atoms with Gasteiger partial charge < -0.3 is 5.32 Å². The summed E-state index contributed by atoms with van der Waals surface area (Å²) in [5.74, 6) is 0.789. The van der Waals surface area contributed by atoms with E-state index in [1.54, 1.807) is 0 Å². The Bertz CT molecular complexity index is 262. The molecule has 0 aromatic heterocycles. The van der Waals surface area contributed by atoms with Crippen LogP contribution in [0, 0.1) is 5.92 Å². The van der Waals surface area contributed by atoms with Gasteiger partial charge in [0.05, 0.1) is 0 Å². The third-order valence-corrected chi connectivity index (χ3v) is 5.43. The molecule has 1 rings (SSSR count). The van der Waals surface area contributed by atoms with Crippen LogP contribution < -0.4 is 5.32 Å². The highest BCUT2D eigenvalue weighted by Gasteiger charge is 2.34. The van der Waals surface area contributed by atoms with Crippen LogP contribution in [0.25, 0.3) is 0 Å². The van der Waals surface area contributed by atoms with Crippen molar-refractivity contribution in [2.45, 2.75) is 97.6 Å². The summed E-state index contributed by atoms with van der Waals surface area (Å²) in [4.78, 5) is 2.74. The molecule has 0 radical (unpaired) electrons. The quantitative estimate of drug-likeness (QED) is 0.581. The molecule has 0 saturated carbocycles. The van der Waals surface area contributed by atoms with Crippen molar-refractivity contribution in [3.63, 3.8) is 0 Å². The van der Waals surface area contributed by atoms with E-state index in [1.807, 2.05) is 0 Å². The predicted molar refractivity (Wildman–Crippen MR) is 94.9 cm³/mol. The number of hydrogen-bond donors (Lipinski definition) is 1. The van der Waals surface area contributed by atoms with Gasteiger partial charge >= 0.3 is 0 Å². The van der Waals surface area contributed by atoms with E-state index in [0.717, 1.165) is 12.5 Å². The third-order valence-electron chi connectivity index (χ3n) is 5.43. The molecule has 0 aliphatic carbocycles. The second kappa shape index (κ2) is 9.84. The normalized spacial score (nSPS) is 24.1. The summed E-state index contributed by atoms with van der Waals surface area (Å²) in [6, 6.07) is 0.688. The number of hydrogen-bond acceptors (Lipinski definition) is 2. The molecule has 2 unspecified atom stereocenters. The molecule has 1 aliphatic heterocycles. The average Bonchev–Trinajstić information content (AvgIpc) is 2.46. The molecule has 2 atom stereocenters. The molecule has 0 amide bonds. The summed E-state index contributed by atoms with van der Waals surface area (Å²) in [7, 11) is 0. The van der Waals surface area contributed by atoms with Crippen LogP contribution >= 0.6 is 0 Å². The van der Waals surface area contributed by atoms with Gasteiger partial charge in [-0.15, -0.1) is 0 Å². The van der Waals surface area contributed by atoms with E-state index in [9.17, 15) is 0 Å². The maximum atomic E-state index is 3.77. The Morgan fingerprint density at radius 1 is 1.05 bits per heavy atom. The fraction of sp³-hybridized carbons (Fsp3) is 1.00. The molecule has 1 heterocycles. The van der Waals surface area contributed by atoms with Gasteiger partial charge in [-0.05, 0) is 32.7 Å². The van der Waals surface area contributed by atoms with Crippen molar-refractivity contribution < 1.29 is 0 Å². The molecule has 1 fully saturated rings. The minimum absolute atomic E-state index is 0.326. The second-order valence-corrected chi connectivity index (χ2v) is 7.75. The lowest BCUT2D eigenvalue weighted by atomic mass is 9.90. The fourth-order valence-corrected chi connectivity index (χ4v) is 3.36. The second-order valence-electron chi connectivity index (χ2n) is 7.75. The van der Waals surface area contributed by atoms with Crippen molar-refractivity contribution in [3.05, 3.63) is 0 Å². The van der Waals surface area contributed by atoms with Gasteiger partial charge in [0.1, 0.15) is 0 Å². The molecule has 2 heteroatoms. The number of nitrogens with one attached hydrogen (secondary N) is 1. The standard InChI is InChI=1S/C19H40N2/c1-6-8-9-10-11-12-13-14-21-15-18(17(3)7-2)20-16-19(21,4)5/h17-18,20H,6-16H2,1-5H3. The lowest BCUT2D eigenvalue weighted by Crippen LogP contribution is -2.63. The van der Waals surface area contributed by atoms with Gasteiger partial charge in [0, 0.05) is 24.7 Å². The molecule has 126 valence electrons. The molecule has 1 aliphatic rings. The van der Waals surface area contributed by atoms with Crippen LogP contribution in [0.4, 0.5) is 0 Å². The minimum Gasteiger partial charge on any atom is -0.311 e. The fourth-order valence-electron chi connectivity index (χ4n) is 3.36. The zero-order valence-corrected chi connectivity index (χ0v) is 15.4. The van der Waals surface area contributed by atoms with Gasteiger partial charge in [-0.1, -0.05) is 65.7 Å². The monoisotopic (exact) mass is 296 g/mol. The zero-order chi connectivity index (χ0) is 15.7. The van der Waals surface area contributed by atoms with Crippen molar-refractivity contribution in [2.75, 3.05) is 19.6 Å². The van der Waals surface area contributed by atoms with Gasteiger partial charge in [-0.3, -0.25) is 4.90 Å². The predicted octanol–water partition coefficient (Wildman–Crippen LogP) is 4.84. The summed E-state index contributed by atoms with van der Waals surface area (Å²) < 4.78 is 0. The maximum absolute atomic E-state index is 3.77. The molecular weight excluding hydrogens is 256 g/mol. The van der Waals surface area contributed by atoms with Crippen molar-refractivity contribution in [3.8, 4) is 0 Å². The minimum atomic E-state index is 0.326. The maximum Gasteiger partial charge on any atom is 0.0278 e. The van der Waals surface area contributed by atoms with E-state index in [4.69, 9.17) is 0 Å².